The van der Waals surface area contributed by atoms with Crippen LogP contribution in [0.15, 0.2) is 152 Å². The highest BCUT2D eigenvalue weighted by molar-refractivity contribution is 8.00. The number of aromatic amines is 1. The van der Waals surface area contributed by atoms with Crippen molar-refractivity contribution in [3.63, 3.8) is 0 Å². The number of nitrogens with one attached hydrogen (secondary N) is 7. The fourth-order valence-electron chi connectivity index (χ4n) is 17.9. The Morgan fingerprint density at radius 1 is 0.489 bits per heavy atom. The third-order valence-electron chi connectivity index (χ3n) is 26.0. The van der Waals surface area contributed by atoms with Gasteiger partial charge in [0, 0.05) is 146 Å². The van der Waals surface area contributed by atoms with Crippen LogP contribution in [-0.4, -0.2) is 248 Å². The lowest BCUT2D eigenvalue weighted by Crippen LogP contribution is -2.62. The molecule has 12 amide bonds. The van der Waals surface area contributed by atoms with E-state index < -0.39 is 234 Å². The number of unbranched alkanes of at least 4 members (excludes halogenated alkanes) is 2. The van der Waals surface area contributed by atoms with Gasteiger partial charge >= 0.3 is 0 Å². The first kappa shape index (κ1) is 106. The highest BCUT2D eigenvalue weighted by atomic mass is 32.2. The van der Waals surface area contributed by atoms with E-state index in [1.807, 2.05) is 6.92 Å². The Bertz CT molecular complexity index is 5370. The van der Waals surface area contributed by atoms with Crippen molar-refractivity contribution in [3.8, 4) is 5.75 Å². The molecular formula is C101H129F3N16O16S. The molecule has 32 nitrogen and oxygen atoms in total. The molecule has 3 fully saturated rings. The fraction of sp³-hybridized carbons (Fsp3) is 0.475. The third kappa shape index (κ3) is 29.4. The van der Waals surface area contributed by atoms with Crippen LogP contribution in [0.2, 0.25) is 0 Å². The summed E-state index contributed by atoms with van der Waals surface area (Å²) in [6.07, 6.45) is 0.564. The molecule has 3 saturated heterocycles. The molecule has 0 radical (unpaired) electrons. The van der Waals surface area contributed by atoms with Gasteiger partial charge in [0.1, 0.15) is 65.9 Å². The molecule has 3 aliphatic rings. The standard InChI is InChI=1S/C101H129F3N16O16S/c1-7-8-29-83-101(136)119-44-21-31-81(119)88(124)53-67(56-107)87(123)54-71(60(2)3)97(132)117(5)84(50-61-22-11-9-12-23-61)96(131)114-79(48-63-32-34-65(55-106)35-33-63)99(134)120-43-20-18-30-82(120)95(130)113-77(52-68-57-109-74-27-16-15-26-70(68)74)94(129)112-76(47-64-36-38-69(121)39-37-64)93(128)111-75(28-17-19-42-105)92(127)115-80(86(122)40-41-89(108)125)58-137-59-90(126)110-78(49-66-45-72(102)91(104)73(103)46-66)98(133)118(6)85(100(135)116(83)4)51-62-24-13-10-14-25-62/h9-16,22-27,32-39,45-46,57,60,67,71,75-85,109,121H,7-8,17-21,28-31,40-44,47-56,58-59,105-107H2,1-6H3,(H2,108,125)(H,110,126)(H,111,128)(H,112,129)(H,113,130)(H,114,131)(H,115,127)/t67-,71-,75-,76-,77-,78-,79-,80-,81+,82+,83-,84-,85-/m0/s1. The van der Waals surface area contributed by atoms with Crippen LogP contribution in [0.3, 0.4) is 0 Å². The maximum Gasteiger partial charge on any atom is 0.246 e. The summed E-state index contributed by atoms with van der Waals surface area (Å²) in [6.45, 7) is 5.30. The van der Waals surface area contributed by atoms with Crippen molar-refractivity contribution in [2.45, 2.75) is 229 Å². The van der Waals surface area contributed by atoms with Gasteiger partial charge in [-0.2, -0.15) is 0 Å². The van der Waals surface area contributed by atoms with Gasteiger partial charge in [-0.15, -0.1) is 11.8 Å². The molecule has 6 aromatic carbocycles. The van der Waals surface area contributed by atoms with Crippen LogP contribution in [0, 0.1) is 35.2 Å². The number of para-hydroxylation sites is 1. The molecule has 0 bridgehead atoms. The molecule has 4 heterocycles. The van der Waals surface area contributed by atoms with E-state index in [-0.39, 0.29) is 108 Å². The quantitative estimate of drug-likeness (QED) is 0.0221. The van der Waals surface area contributed by atoms with Crippen molar-refractivity contribution in [3.05, 3.63) is 208 Å². The second-order valence-electron chi connectivity index (χ2n) is 36.2. The zero-order valence-corrected chi connectivity index (χ0v) is 79.3. The number of phenols is 1. The number of aromatic hydroxyl groups is 1. The summed E-state index contributed by atoms with van der Waals surface area (Å²) in [5.41, 5.74) is 27.7. The number of hydrogen-bond donors (Lipinski definition) is 12. The molecule has 137 heavy (non-hydrogen) atoms. The number of benzene rings is 6. The zero-order valence-electron chi connectivity index (χ0n) is 78.5. The summed E-state index contributed by atoms with van der Waals surface area (Å²) in [4.78, 5) is 237. The van der Waals surface area contributed by atoms with Crippen molar-refractivity contribution in [1.82, 2.24) is 61.4 Å². The van der Waals surface area contributed by atoms with E-state index in [0.29, 0.717) is 89.4 Å². The van der Waals surface area contributed by atoms with Gasteiger partial charge in [0.15, 0.2) is 29.0 Å². The minimum Gasteiger partial charge on any atom is -0.508 e. The van der Waals surface area contributed by atoms with Crippen molar-refractivity contribution in [2.24, 2.45) is 40.7 Å². The Morgan fingerprint density at radius 2 is 1.02 bits per heavy atom. The van der Waals surface area contributed by atoms with Crippen LogP contribution in [0.4, 0.5) is 13.2 Å². The number of likely N-dealkylation sites (N-methyl/N-ethyl adjacent to an activating group) is 3. The smallest absolute Gasteiger partial charge is 0.246 e. The van der Waals surface area contributed by atoms with Crippen LogP contribution in [0.1, 0.15) is 156 Å². The Labute approximate surface area is 800 Å². The second kappa shape index (κ2) is 51.5. The van der Waals surface area contributed by atoms with E-state index in [2.05, 4.69) is 36.9 Å². The van der Waals surface area contributed by atoms with Crippen LogP contribution in [-0.2, 0) is 117 Å². The van der Waals surface area contributed by atoms with Gasteiger partial charge in [0.05, 0.1) is 17.8 Å². The van der Waals surface area contributed by atoms with Crippen molar-refractivity contribution < 1.29 is 90.2 Å². The number of nitrogens with two attached hydrogens (primary N) is 4. The normalized spacial score (nSPS) is 23.5. The molecule has 0 aliphatic carbocycles. The topological polar surface area (TPSA) is 485 Å². The van der Waals surface area contributed by atoms with Crippen LogP contribution in [0.25, 0.3) is 10.9 Å². The van der Waals surface area contributed by atoms with E-state index in [4.69, 9.17) is 22.9 Å². The number of halogens is 3. The number of phenolic OH excluding ortho intramolecular Hbond substituents is 1. The van der Waals surface area contributed by atoms with Gasteiger partial charge < -0.3 is 89.4 Å². The van der Waals surface area contributed by atoms with E-state index in [9.17, 15) is 23.9 Å². The number of nitrogens with zero attached hydrogens (tertiary/aromatic N) is 5. The molecule has 10 rings (SSSR count). The molecule has 1 aromatic heterocycles. The first-order valence-corrected chi connectivity index (χ1v) is 48.1. The number of ketones is 3. The first-order chi connectivity index (χ1) is 65.6. The van der Waals surface area contributed by atoms with Gasteiger partial charge in [-0.1, -0.05) is 149 Å². The maximum absolute atomic E-state index is 16.0. The number of amides is 12. The summed E-state index contributed by atoms with van der Waals surface area (Å²) in [6, 6.07) is 22.1. The Hall–Kier alpha value is -12.7. The van der Waals surface area contributed by atoms with Crippen molar-refractivity contribution in [2.75, 3.05) is 58.8 Å². The van der Waals surface area contributed by atoms with Gasteiger partial charge in [0.25, 0.3) is 0 Å². The number of carbonyl (C=O) groups excluding carboxylic acids is 15. The SMILES string of the molecule is CCCC[C@H]1C(=O)N2CCC[C@@H]2C(=O)C[C@@H](CN)C(=O)C[C@@H](C(C)C)C(=O)N(C)[C@@H](Cc2ccccc2)C(=O)N[C@@H](Cc2ccc(CN)cc2)C(=O)N2CCCC[C@@H]2C(=O)N[C@@H](Cc2c[nH]c3ccccc23)C(=O)N[C@@H](Cc2ccc(O)cc2)C(=O)N[C@@H](CCCCN)C(=O)N[C@H](C(=O)CCC(N)=O)CSCC(=O)N[C@@H](Cc2cc(F)c(F)c(F)c2)C(=O)N(C)[C@@H](Cc2ccccc2)C(=O)N1C. The van der Waals surface area contributed by atoms with Crippen LogP contribution < -0.4 is 54.8 Å². The Morgan fingerprint density at radius 3 is 1.65 bits per heavy atom. The summed E-state index contributed by atoms with van der Waals surface area (Å²) in [5.74, 6) is -21.2. The van der Waals surface area contributed by atoms with Crippen LogP contribution >= 0.6 is 11.8 Å². The molecule has 7 aromatic rings. The Balaban J connectivity index is 1.06. The number of fused-ring (bicyclic) bond motifs is 3. The highest BCUT2D eigenvalue weighted by Crippen LogP contribution is 2.31. The van der Waals surface area contributed by atoms with E-state index in [0.717, 1.165) is 22.2 Å². The number of aromatic nitrogens is 1. The predicted molar refractivity (Wildman–Crippen MR) is 511 cm³/mol. The summed E-state index contributed by atoms with van der Waals surface area (Å²) >= 11 is 0.738. The monoisotopic (exact) mass is 1910 g/mol. The third-order valence-corrected chi connectivity index (χ3v) is 27.0. The van der Waals surface area contributed by atoms with Gasteiger partial charge in [-0.25, -0.2) is 13.2 Å². The summed E-state index contributed by atoms with van der Waals surface area (Å²) < 4.78 is 45.2. The molecule has 0 spiro atoms. The molecule has 736 valence electrons. The number of primary amides is 1. The summed E-state index contributed by atoms with van der Waals surface area (Å²) in [5, 5.41) is 28.0. The van der Waals surface area contributed by atoms with E-state index in [1.54, 1.807) is 129 Å². The fourth-order valence-corrected chi connectivity index (χ4v) is 18.8. The molecule has 3 aliphatic heterocycles. The minimum absolute atomic E-state index is 0.0156. The molecule has 36 heteroatoms. The van der Waals surface area contributed by atoms with Gasteiger partial charge in [-0.3, -0.25) is 71.9 Å². The number of rotatable bonds is 26. The predicted octanol–water partition coefficient (Wildman–Crippen LogP) is 5.93. The summed E-state index contributed by atoms with van der Waals surface area (Å²) in [7, 11) is 4.04. The lowest BCUT2D eigenvalue weighted by atomic mass is 9.83. The molecule has 0 unspecified atom stereocenters. The Kier molecular flexibility index (Phi) is 40.0. The van der Waals surface area contributed by atoms with Crippen molar-refractivity contribution in [1.29, 1.82) is 0 Å². The molecule has 13 atom stereocenters. The lowest BCUT2D eigenvalue weighted by molar-refractivity contribution is -0.152. The largest absolute Gasteiger partial charge is 0.508 e. The second-order valence-corrected chi connectivity index (χ2v) is 37.2. The average Bonchev–Trinajstić information content (AvgIpc) is 1.79. The van der Waals surface area contributed by atoms with E-state index >= 15 is 66.3 Å². The number of H-pyrrole nitrogens is 1. The first-order valence-electron chi connectivity index (χ1n) is 47.0. The number of Topliss-reactive ketones (excluding diaryl/α,β-unsaturated/α-hetero) is 3. The van der Waals surface area contributed by atoms with Crippen LogP contribution in [0.5, 0.6) is 5.75 Å². The van der Waals surface area contributed by atoms with Gasteiger partial charge in [-0.05, 0) is 140 Å². The molecule has 16 N–H and O–H groups in total. The van der Waals surface area contributed by atoms with Crippen molar-refractivity contribution >= 4 is 111 Å². The van der Waals surface area contributed by atoms with E-state index in [1.165, 1.54) is 65.0 Å². The zero-order chi connectivity index (χ0) is 99.3. The molecular weight excluding hydrogens is 1780 g/mol. The number of carbonyl (C=O) groups is 15. The average molecular weight is 1910 g/mol. The number of thioether (sulfide) groups is 1. The molecule has 0 saturated carbocycles. The maximum atomic E-state index is 16.0. The minimum atomic E-state index is -1.83. The number of hydrogen-bond acceptors (Lipinski definition) is 20. The number of piperidine rings is 1. The van der Waals surface area contributed by atoms with Gasteiger partial charge in [0.2, 0.25) is 70.9 Å². The lowest BCUT2D eigenvalue weighted by Gasteiger charge is -2.38. The highest BCUT2D eigenvalue weighted by Gasteiger charge is 2.46.